The molecule has 5 heteroatoms. The number of fused-ring (bicyclic) bond motifs is 1. The highest BCUT2D eigenvalue weighted by molar-refractivity contribution is 5.93. The molecule has 108 valence electrons. The van der Waals surface area contributed by atoms with Gasteiger partial charge in [-0.2, -0.15) is 0 Å². The quantitative estimate of drug-likeness (QED) is 0.937. The largest absolute Gasteiger partial charge is 0.486 e. The third-order valence-corrected chi connectivity index (χ3v) is 3.36. The second-order valence-electron chi connectivity index (χ2n) is 4.85. The summed E-state index contributed by atoms with van der Waals surface area (Å²) in [6.07, 6.45) is 3.19. The Bertz CT molecular complexity index is 656. The summed E-state index contributed by atoms with van der Waals surface area (Å²) in [6.45, 7) is 3.56. The number of benzene rings is 1. The fraction of sp³-hybridized carbons (Fsp3) is 0.250. The molecule has 1 aromatic heterocycles. The summed E-state index contributed by atoms with van der Waals surface area (Å²) in [6, 6.07) is 7.34. The Morgan fingerprint density at radius 3 is 2.76 bits per heavy atom. The summed E-state index contributed by atoms with van der Waals surface area (Å²) in [4.78, 5) is 15.9. The smallest absolute Gasteiger partial charge is 0.253 e. The van der Waals surface area contributed by atoms with E-state index in [9.17, 15) is 4.79 Å². The zero-order valence-electron chi connectivity index (χ0n) is 11.8. The van der Waals surface area contributed by atoms with Crippen molar-refractivity contribution in [2.75, 3.05) is 13.2 Å². The lowest BCUT2D eigenvalue weighted by Crippen LogP contribution is -2.23. The molecule has 0 fully saturated rings. The van der Waals surface area contributed by atoms with Gasteiger partial charge in [-0.25, -0.2) is 0 Å². The van der Waals surface area contributed by atoms with Gasteiger partial charge in [-0.15, -0.1) is 0 Å². The first-order chi connectivity index (χ1) is 10.2. The Morgan fingerprint density at radius 2 is 2.05 bits per heavy atom. The maximum atomic E-state index is 12.0. The summed E-state index contributed by atoms with van der Waals surface area (Å²) in [5, 5.41) is 2.89. The van der Waals surface area contributed by atoms with Crippen LogP contribution in [-0.2, 0) is 6.54 Å². The number of nitrogens with zero attached hydrogens (tertiary/aromatic N) is 1. The van der Waals surface area contributed by atoms with E-state index in [-0.39, 0.29) is 5.91 Å². The fourth-order valence-electron chi connectivity index (χ4n) is 2.20. The van der Waals surface area contributed by atoms with Crippen LogP contribution in [-0.4, -0.2) is 24.1 Å². The van der Waals surface area contributed by atoms with Crippen molar-refractivity contribution in [3.8, 4) is 11.5 Å². The van der Waals surface area contributed by atoms with Crippen LogP contribution in [0.15, 0.2) is 36.7 Å². The first-order valence-corrected chi connectivity index (χ1v) is 6.81. The van der Waals surface area contributed by atoms with Crippen LogP contribution in [0.5, 0.6) is 11.5 Å². The van der Waals surface area contributed by atoms with Crippen molar-refractivity contribution in [2.24, 2.45) is 0 Å². The van der Waals surface area contributed by atoms with E-state index in [1.54, 1.807) is 24.5 Å². The highest BCUT2D eigenvalue weighted by Gasteiger charge is 2.14. The Labute approximate surface area is 122 Å². The number of amides is 1. The Balaban J connectivity index is 1.72. The van der Waals surface area contributed by atoms with Gasteiger partial charge in [0.2, 0.25) is 0 Å². The molecule has 2 aromatic rings. The summed E-state index contributed by atoms with van der Waals surface area (Å²) >= 11 is 0. The van der Waals surface area contributed by atoms with Gasteiger partial charge >= 0.3 is 0 Å². The van der Waals surface area contributed by atoms with Crippen molar-refractivity contribution in [3.05, 3.63) is 53.3 Å². The maximum Gasteiger partial charge on any atom is 0.253 e. The zero-order chi connectivity index (χ0) is 14.7. The second kappa shape index (κ2) is 5.83. The molecule has 0 atom stereocenters. The molecular formula is C16H16N2O3. The molecule has 0 bridgehead atoms. The maximum absolute atomic E-state index is 12.0. The molecule has 1 aliphatic heterocycles. The van der Waals surface area contributed by atoms with Crippen LogP contribution < -0.4 is 14.8 Å². The highest BCUT2D eigenvalue weighted by Crippen LogP contribution is 2.32. The number of hydrogen-bond acceptors (Lipinski definition) is 4. The van der Waals surface area contributed by atoms with Crippen molar-refractivity contribution < 1.29 is 14.3 Å². The van der Waals surface area contributed by atoms with Gasteiger partial charge in [0.05, 0.1) is 5.56 Å². The van der Waals surface area contributed by atoms with Gasteiger partial charge < -0.3 is 14.8 Å². The molecular weight excluding hydrogens is 268 g/mol. The van der Waals surface area contributed by atoms with Crippen LogP contribution in [0.4, 0.5) is 0 Å². The third-order valence-electron chi connectivity index (χ3n) is 3.36. The number of pyridine rings is 1. The lowest BCUT2D eigenvalue weighted by Gasteiger charge is -2.20. The van der Waals surface area contributed by atoms with Gasteiger partial charge in [0.25, 0.3) is 5.91 Å². The van der Waals surface area contributed by atoms with E-state index in [1.807, 2.05) is 19.1 Å². The summed E-state index contributed by atoms with van der Waals surface area (Å²) in [7, 11) is 0. The first-order valence-electron chi connectivity index (χ1n) is 6.81. The highest BCUT2D eigenvalue weighted by atomic mass is 16.6. The van der Waals surface area contributed by atoms with Crippen LogP contribution in [0.1, 0.15) is 21.5 Å². The monoisotopic (exact) mass is 284 g/mol. The predicted octanol–water partition coefficient (Wildman–Crippen LogP) is 2.09. The molecule has 0 saturated carbocycles. The van der Waals surface area contributed by atoms with Crippen LogP contribution in [0.25, 0.3) is 0 Å². The number of ether oxygens (including phenoxy) is 2. The molecule has 0 saturated heterocycles. The van der Waals surface area contributed by atoms with E-state index in [1.165, 1.54) is 0 Å². The van der Waals surface area contributed by atoms with E-state index in [0.29, 0.717) is 25.3 Å². The van der Waals surface area contributed by atoms with Gasteiger partial charge in [-0.1, -0.05) is 0 Å². The van der Waals surface area contributed by atoms with E-state index in [0.717, 1.165) is 22.6 Å². The van der Waals surface area contributed by atoms with Crippen molar-refractivity contribution in [3.63, 3.8) is 0 Å². The van der Waals surface area contributed by atoms with E-state index in [2.05, 4.69) is 10.3 Å². The number of aryl methyl sites for hydroxylation is 1. The minimum atomic E-state index is -0.141. The molecule has 0 aliphatic carbocycles. The minimum absolute atomic E-state index is 0.141. The summed E-state index contributed by atoms with van der Waals surface area (Å²) in [5.74, 6) is 1.36. The number of carbonyl (C=O) groups is 1. The molecule has 21 heavy (non-hydrogen) atoms. The summed E-state index contributed by atoms with van der Waals surface area (Å²) in [5.41, 5.74) is 2.62. The molecule has 1 aliphatic rings. The van der Waals surface area contributed by atoms with Crippen molar-refractivity contribution >= 4 is 5.91 Å². The van der Waals surface area contributed by atoms with Crippen LogP contribution in [0.2, 0.25) is 0 Å². The van der Waals surface area contributed by atoms with Crippen LogP contribution in [0, 0.1) is 6.92 Å². The fourth-order valence-corrected chi connectivity index (χ4v) is 2.20. The SMILES string of the molecule is Cc1cc2c(cc1CNC(=O)c1cccnc1)OCCO2. The number of rotatable bonds is 3. The molecule has 5 nitrogen and oxygen atoms in total. The van der Waals surface area contributed by atoms with Crippen molar-refractivity contribution in [1.29, 1.82) is 0 Å². The lowest BCUT2D eigenvalue weighted by atomic mass is 10.1. The Morgan fingerprint density at radius 1 is 1.29 bits per heavy atom. The number of nitrogens with one attached hydrogen (secondary N) is 1. The van der Waals surface area contributed by atoms with Gasteiger partial charge in [0, 0.05) is 18.9 Å². The van der Waals surface area contributed by atoms with Gasteiger partial charge in [-0.05, 0) is 42.3 Å². The number of carbonyl (C=O) groups excluding carboxylic acids is 1. The molecule has 0 unspecified atom stereocenters. The van der Waals surface area contributed by atoms with E-state index >= 15 is 0 Å². The average molecular weight is 284 g/mol. The van der Waals surface area contributed by atoms with Crippen LogP contribution in [0.3, 0.4) is 0 Å². The second-order valence-corrected chi connectivity index (χ2v) is 4.85. The molecule has 2 heterocycles. The minimum Gasteiger partial charge on any atom is -0.486 e. The number of aromatic nitrogens is 1. The topological polar surface area (TPSA) is 60.5 Å². The molecule has 1 aromatic carbocycles. The van der Waals surface area contributed by atoms with Crippen LogP contribution >= 0.6 is 0 Å². The number of hydrogen-bond donors (Lipinski definition) is 1. The van der Waals surface area contributed by atoms with Gasteiger partial charge in [0.1, 0.15) is 13.2 Å². The van der Waals surface area contributed by atoms with Gasteiger partial charge in [-0.3, -0.25) is 9.78 Å². The molecule has 1 amide bonds. The van der Waals surface area contributed by atoms with Gasteiger partial charge in [0.15, 0.2) is 11.5 Å². The Hall–Kier alpha value is -2.56. The molecule has 1 N–H and O–H groups in total. The standard InChI is InChI=1S/C16H16N2O3/c1-11-7-14-15(21-6-5-20-14)8-13(11)10-18-16(19)12-3-2-4-17-9-12/h2-4,7-9H,5-6,10H2,1H3,(H,18,19). The van der Waals surface area contributed by atoms with Crippen molar-refractivity contribution in [2.45, 2.75) is 13.5 Å². The van der Waals surface area contributed by atoms with Crippen molar-refractivity contribution in [1.82, 2.24) is 10.3 Å². The van der Waals surface area contributed by atoms with E-state index in [4.69, 9.17) is 9.47 Å². The van der Waals surface area contributed by atoms with E-state index < -0.39 is 0 Å². The Kier molecular flexibility index (Phi) is 3.73. The molecule has 3 rings (SSSR count). The molecule has 0 radical (unpaired) electrons. The average Bonchev–Trinajstić information content (AvgIpc) is 2.53. The third kappa shape index (κ3) is 2.97. The lowest BCUT2D eigenvalue weighted by molar-refractivity contribution is 0.0950. The predicted molar refractivity (Wildman–Crippen MR) is 77.6 cm³/mol. The normalized spacial score (nSPS) is 12.8. The zero-order valence-corrected chi connectivity index (χ0v) is 11.8. The summed E-state index contributed by atoms with van der Waals surface area (Å²) < 4.78 is 11.1. The molecule has 0 spiro atoms. The first kappa shape index (κ1) is 13.4.